The molecular formula is C22H30ClNO. The van der Waals surface area contributed by atoms with Crippen LogP contribution in [-0.4, -0.2) is 28.6 Å². The van der Waals surface area contributed by atoms with Gasteiger partial charge in [-0.2, -0.15) is 0 Å². The van der Waals surface area contributed by atoms with Crippen molar-refractivity contribution in [2.75, 3.05) is 6.54 Å². The van der Waals surface area contributed by atoms with Crippen LogP contribution in [0.4, 0.5) is 0 Å². The van der Waals surface area contributed by atoms with E-state index in [1.54, 1.807) is 0 Å². The van der Waals surface area contributed by atoms with E-state index >= 15 is 0 Å². The molecule has 2 rings (SSSR count). The van der Waals surface area contributed by atoms with Crippen molar-refractivity contribution in [1.29, 1.82) is 0 Å². The second-order valence-corrected chi connectivity index (χ2v) is 7.60. The molecule has 1 N–H and O–H groups in total. The Kier molecular flexibility index (Phi) is 7.49. The number of aliphatic hydroxyl groups is 1. The average molecular weight is 360 g/mol. The highest BCUT2D eigenvalue weighted by Crippen LogP contribution is 2.34. The van der Waals surface area contributed by atoms with Crippen molar-refractivity contribution < 1.29 is 5.11 Å². The highest BCUT2D eigenvalue weighted by atomic mass is 35.5. The molecule has 0 spiro atoms. The molecule has 0 amide bonds. The summed E-state index contributed by atoms with van der Waals surface area (Å²) in [6.45, 7) is 10.0. The Labute approximate surface area is 157 Å². The highest BCUT2D eigenvalue weighted by Gasteiger charge is 2.21. The topological polar surface area (TPSA) is 23.5 Å². The number of aliphatic hydroxyl groups excluding tert-OH is 1. The maximum Gasteiger partial charge on any atom is 0.0681 e. The van der Waals surface area contributed by atoms with Crippen LogP contribution in [0.15, 0.2) is 48.5 Å². The fourth-order valence-corrected chi connectivity index (χ4v) is 3.79. The Hall–Kier alpha value is -1.35. The average Bonchev–Trinajstić information content (AvgIpc) is 2.59. The van der Waals surface area contributed by atoms with Crippen molar-refractivity contribution in [2.45, 2.75) is 58.7 Å². The molecule has 0 unspecified atom stereocenters. The molecule has 2 nitrogen and oxygen atoms in total. The fraction of sp³-hybridized carbons (Fsp3) is 0.455. The molecular weight excluding hydrogens is 330 g/mol. The third-order valence-electron chi connectivity index (χ3n) is 4.82. The zero-order valence-electron chi connectivity index (χ0n) is 15.7. The summed E-state index contributed by atoms with van der Waals surface area (Å²) < 4.78 is 0. The van der Waals surface area contributed by atoms with E-state index < -0.39 is 0 Å². The summed E-state index contributed by atoms with van der Waals surface area (Å²) in [6, 6.07) is 17.4. The van der Waals surface area contributed by atoms with Gasteiger partial charge in [-0.3, -0.25) is 4.90 Å². The molecule has 0 aliphatic rings. The third-order valence-corrected chi connectivity index (χ3v) is 5.17. The molecule has 0 fully saturated rings. The van der Waals surface area contributed by atoms with Crippen LogP contribution in [0.1, 0.15) is 56.7 Å². The monoisotopic (exact) mass is 359 g/mol. The first-order valence-corrected chi connectivity index (χ1v) is 9.51. The summed E-state index contributed by atoms with van der Waals surface area (Å²) in [5, 5.41) is 10.3. The lowest BCUT2D eigenvalue weighted by Crippen LogP contribution is -2.38. The Balaban J connectivity index is 2.35. The van der Waals surface area contributed by atoms with Gasteiger partial charge >= 0.3 is 0 Å². The zero-order valence-corrected chi connectivity index (χ0v) is 16.5. The molecule has 0 bridgehead atoms. The smallest absolute Gasteiger partial charge is 0.0681 e. The van der Waals surface area contributed by atoms with E-state index in [1.807, 2.05) is 18.2 Å². The van der Waals surface area contributed by atoms with Crippen LogP contribution in [0.25, 0.3) is 0 Å². The van der Waals surface area contributed by atoms with E-state index in [4.69, 9.17) is 11.6 Å². The van der Waals surface area contributed by atoms with Crippen LogP contribution in [-0.2, 0) is 6.61 Å². The number of rotatable bonds is 8. The van der Waals surface area contributed by atoms with Crippen molar-refractivity contribution in [2.24, 2.45) is 0 Å². The molecule has 0 radical (unpaired) electrons. The van der Waals surface area contributed by atoms with E-state index in [9.17, 15) is 5.11 Å². The minimum atomic E-state index is 0.0375. The van der Waals surface area contributed by atoms with Gasteiger partial charge in [0.05, 0.1) is 6.61 Å². The fourth-order valence-electron chi connectivity index (χ4n) is 3.54. The highest BCUT2D eigenvalue weighted by molar-refractivity contribution is 6.31. The molecule has 2 aromatic carbocycles. The number of halogens is 1. The van der Waals surface area contributed by atoms with Crippen LogP contribution >= 0.6 is 11.6 Å². The number of nitrogens with zero attached hydrogens (tertiary/aromatic N) is 1. The Morgan fingerprint density at radius 3 is 2.16 bits per heavy atom. The number of benzene rings is 2. The van der Waals surface area contributed by atoms with E-state index in [2.05, 4.69) is 62.9 Å². The van der Waals surface area contributed by atoms with Crippen molar-refractivity contribution in [3.8, 4) is 0 Å². The quantitative estimate of drug-likeness (QED) is 0.675. The molecule has 25 heavy (non-hydrogen) atoms. The molecule has 0 saturated heterocycles. The first-order chi connectivity index (χ1) is 11.9. The number of hydrogen-bond acceptors (Lipinski definition) is 2. The van der Waals surface area contributed by atoms with Gasteiger partial charge in [0.1, 0.15) is 0 Å². The molecule has 136 valence electrons. The molecule has 3 heteroatoms. The normalized spacial score (nSPS) is 13.0. The van der Waals surface area contributed by atoms with E-state index in [0.29, 0.717) is 12.1 Å². The van der Waals surface area contributed by atoms with Gasteiger partial charge in [-0.25, -0.2) is 0 Å². The Bertz CT molecular complexity index is 646. The van der Waals surface area contributed by atoms with Gasteiger partial charge in [0.25, 0.3) is 0 Å². The van der Waals surface area contributed by atoms with E-state index in [-0.39, 0.29) is 12.5 Å². The van der Waals surface area contributed by atoms with Crippen molar-refractivity contribution in [3.63, 3.8) is 0 Å². The summed E-state index contributed by atoms with van der Waals surface area (Å²) >= 11 is 6.54. The molecule has 0 aromatic heterocycles. The molecule has 0 heterocycles. The first kappa shape index (κ1) is 20.0. The summed E-state index contributed by atoms with van der Waals surface area (Å²) in [5.74, 6) is 0.222. The minimum Gasteiger partial charge on any atom is -0.392 e. The van der Waals surface area contributed by atoms with Crippen LogP contribution < -0.4 is 0 Å². The number of hydrogen-bond donors (Lipinski definition) is 1. The van der Waals surface area contributed by atoms with Gasteiger partial charge in [-0.05, 0) is 63.4 Å². The second kappa shape index (κ2) is 9.38. The summed E-state index contributed by atoms with van der Waals surface area (Å²) in [6.07, 6.45) is 0.995. The molecule has 0 aliphatic heterocycles. The Morgan fingerprint density at radius 1 is 0.960 bits per heavy atom. The second-order valence-electron chi connectivity index (χ2n) is 7.19. The lowest BCUT2D eigenvalue weighted by Gasteiger charge is -2.32. The van der Waals surface area contributed by atoms with Crippen LogP contribution in [0.2, 0.25) is 5.02 Å². The Morgan fingerprint density at radius 2 is 1.60 bits per heavy atom. The third kappa shape index (κ3) is 5.31. The summed E-state index contributed by atoms with van der Waals surface area (Å²) in [7, 11) is 0. The molecule has 0 aliphatic carbocycles. The van der Waals surface area contributed by atoms with Crippen molar-refractivity contribution in [1.82, 2.24) is 4.90 Å². The predicted octanol–water partition coefficient (Wildman–Crippen LogP) is 5.47. The van der Waals surface area contributed by atoms with Gasteiger partial charge in [0, 0.05) is 23.0 Å². The van der Waals surface area contributed by atoms with Crippen molar-refractivity contribution >= 4 is 11.6 Å². The van der Waals surface area contributed by atoms with Gasteiger partial charge in [-0.15, -0.1) is 0 Å². The van der Waals surface area contributed by atoms with Crippen molar-refractivity contribution in [3.05, 3.63) is 70.2 Å². The lowest BCUT2D eigenvalue weighted by atomic mass is 9.87. The van der Waals surface area contributed by atoms with Crippen LogP contribution in [0, 0.1) is 0 Å². The van der Waals surface area contributed by atoms with Gasteiger partial charge in [0.2, 0.25) is 0 Å². The minimum absolute atomic E-state index is 0.0375. The molecule has 0 saturated carbocycles. The first-order valence-electron chi connectivity index (χ1n) is 9.14. The molecule has 1 atom stereocenters. The van der Waals surface area contributed by atoms with Crippen LogP contribution in [0.3, 0.4) is 0 Å². The summed E-state index contributed by atoms with van der Waals surface area (Å²) in [5.41, 5.74) is 3.28. The van der Waals surface area contributed by atoms with Crippen LogP contribution in [0.5, 0.6) is 0 Å². The van der Waals surface area contributed by atoms with E-state index in [1.165, 1.54) is 5.56 Å². The zero-order chi connectivity index (χ0) is 18.4. The maximum absolute atomic E-state index is 9.52. The van der Waals surface area contributed by atoms with Gasteiger partial charge in [0.15, 0.2) is 0 Å². The van der Waals surface area contributed by atoms with Gasteiger partial charge < -0.3 is 5.11 Å². The largest absolute Gasteiger partial charge is 0.392 e. The lowest BCUT2D eigenvalue weighted by molar-refractivity contribution is 0.170. The van der Waals surface area contributed by atoms with E-state index in [0.717, 1.165) is 29.1 Å². The maximum atomic E-state index is 9.52. The SMILES string of the molecule is CC(C)N(CC[C@H](c1ccccc1)c1cc(CO)ccc1Cl)C(C)C. The van der Waals surface area contributed by atoms with Gasteiger partial charge in [-0.1, -0.05) is 54.1 Å². The molecule has 2 aromatic rings. The standard InChI is InChI=1S/C22H30ClNO/c1-16(2)24(17(3)4)13-12-20(19-8-6-5-7-9-19)21-14-18(15-25)10-11-22(21)23/h5-11,14,16-17,20,25H,12-13,15H2,1-4H3/t20-/m1/s1. The summed E-state index contributed by atoms with van der Waals surface area (Å²) in [4.78, 5) is 2.51. The predicted molar refractivity (Wildman–Crippen MR) is 107 cm³/mol.